The number of nitriles is 1. The number of hydrogen-bond donors (Lipinski definition) is 0. The van der Waals surface area contributed by atoms with E-state index in [-0.39, 0.29) is 24.3 Å². The van der Waals surface area contributed by atoms with Gasteiger partial charge in [0.1, 0.15) is 0 Å². The first kappa shape index (κ1) is 15.2. The largest absolute Gasteiger partial charge is 0.469 e. The number of sulfone groups is 1. The van der Waals surface area contributed by atoms with Crippen LogP contribution in [-0.4, -0.2) is 27.2 Å². The van der Waals surface area contributed by atoms with Gasteiger partial charge in [0, 0.05) is 6.42 Å². The van der Waals surface area contributed by atoms with Crippen LogP contribution in [0, 0.1) is 11.3 Å². The van der Waals surface area contributed by atoms with Gasteiger partial charge in [-0.3, -0.25) is 4.79 Å². The molecule has 19 heavy (non-hydrogen) atoms. The number of esters is 1. The van der Waals surface area contributed by atoms with Gasteiger partial charge in [0.15, 0.2) is 9.84 Å². The molecule has 0 fully saturated rings. The van der Waals surface area contributed by atoms with Gasteiger partial charge in [-0.05, 0) is 24.1 Å². The highest BCUT2D eigenvalue weighted by atomic mass is 32.2. The first-order chi connectivity index (χ1) is 8.96. The number of ether oxygens (including phenoxy) is 1. The van der Waals surface area contributed by atoms with Crippen molar-refractivity contribution < 1.29 is 17.9 Å². The summed E-state index contributed by atoms with van der Waals surface area (Å²) in [5.41, 5.74) is 1.13. The molecule has 0 atom stereocenters. The smallest absolute Gasteiger partial charge is 0.305 e. The zero-order chi connectivity index (χ0) is 14.3. The molecule has 0 amide bonds. The fourth-order valence-electron chi connectivity index (χ4n) is 1.54. The molecular formula is C13H15NO4S. The lowest BCUT2D eigenvalue weighted by molar-refractivity contribution is -0.140. The van der Waals surface area contributed by atoms with E-state index in [1.165, 1.54) is 7.11 Å². The lowest BCUT2D eigenvalue weighted by atomic mass is 10.2. The molecule has 0 spiro atoms. The van der Waals surface area contributed by atoms with Crippen LogP contribution in [0.25, 0.3) is 0 Å². The van der Waals surface area contributed by atoms with Gasteiger partial charge in [-0.2, -0.15) is 5.26 Å². The summed E-state index contributed by atoms with van der Waals surface area (Å²) in [6, 6.07) is 8.38. The Labute approximate surface area is 112 Å². The minimum Gasteiger partial charge on any atom is -0.469 e. The van der Waals surface area contributed by atoms with Gasteiger partial charge < -0.3 is 4.74 Å². The molecule has 0 radical (unpaired) electrons. The van der Waals surface area contributed by atoms with Crippen LogP contribution in [-0.2, 0) is 25.1 Å². The Bertz CT molecular complexity index is 570. The van der Waals surface area contributed by atoms with Crippen LogP contribution in [0.15, 0.2) is 24.3 Å². The predicted molar refractivity (Wildman–Crippen MR) is 69.9 cm³/mol. The van der Waals surface area contributed by atoms with E-state index in [0.29, 0.717) is 11.1 Å². The van der Waals surface area contributed by atoms with E-state index >= 15 is 0 Å². The summed E-state index contributed by atoms with van der Waals surface area (Å²) in [5.74, 6) is -0.546. The molecule has 0 aliphatic rings. The van der Waals surface area contributed by atoms with Crippen molar-refractivity contribution in [3.05, 3.63) is 35.4 Å². The molecule has 0 N–H and O–H groups in total. The van der Waals surface area contributed by atoms with E-state index in [2.05, 4.69) is 4.74 Å². The van der Waals surface area contributed by atoms with Gasteiger partial charge in [-0.15, -0.1) is 0 Å². The molecule has 0 aliphatic heterocycles. The Morgan fingerprint density at radius 3 is 2.47 bits per heavy atom. The molecule has 0 unspecified atom stereocenters. The number of carbonyl (C=O) groups is 1. The highest BCUT2D eigenvalue weighted by Gasteiger charge is 2.13. The second-order valence-electron chi connectivity index (χ2n) is 4.08. The third kappa shape index (κ3) is 5.53. The van der Waals surface area contributed by atoms with E-state index in [9.17, 15) is 13.2 Å². The topological polar surface area (TPSA) is 84.2 Å². The van der Waals surface area contributed by atoms with Crippen molar-refractivity contribution in [2.45, 2.75) is 18.6 Å². The second-order valence-corrected chi connectivity index (χ2v) is 6.26. The quantitative estimate of drug-likeness (QED) is 0.736. The minimum atomic E-state index is -3.25. The Balaban J connectivity index is 2.54. The number of nitrogens with zero attached hydrogens (tertiary/aromatic N) is 1. The van der Waals surface area contributed by atoms with Gasteiger partial charge in [0.05, 0.1) is 30.2 Å². The summed E-state index contributed by atoms with van der Waals surface area (Å²) < 4.78 is 28.1. The Morgan fingerprint density at radius 2 is 1.95 bits per heavy atom. The molecule has 1 aromatic carbocycles. The maximum Gasteiger partial charge on any atom is 0.305 e. The number of rotatable bonds is 6. The molecule has 5 nitrogen and oxygen atoms in total. The number of benzene rings is 1. The van der Waals surface area contributed by atoms with Gasteiger partial charge in [0.25, 0.3) is 0 Å². The van der Waals surface area contributed by atoms with E-state index in [4.69, 9.17) is 5.26 Å². The summed E-state index contributed by atoms with van der Waals surface area (Å²) in [7, 11) is -1.98. The first-order valence-electron chi connectivity index (χ1n) is 5.73. The number of methoxy groups -OCH3 is 1. The first-order valence-corrected chi connectivity index (χ1v) is 7.55. The van der Waals surface area contributed by atoms with Crippen molar-refractivity contribution in [1.29, 1.82) is 5.26 Å². The third-order valence-electron chi connectivity index (χ3n) is 2.53. The standard InChI is InChI=1S/C13H15NO4S/c1-18-13(15)3-2-8-19(16,17)10-12-6-4-11(9-14)5-7-12/h4-7H,2-3,8,10H2,1H3. The van der Waals surface area contributed by atoms with Crippen LogP contribution < -0.4 is 0 Å². The molecule has 102 valence electrons. The molecule has 0 bridgehead atoms. The van der Waals surface area contributed by atoms with Crippen LogP contribution in [0.1, 0.15) is 24.0 Å². The van der Waals surface area contributed by atoms with Crippen molar-refractivity contribution >= 4 is 15.8 Å². The summed E-state index contributed by atoms with van der Waals surface area (Å²) in [5, 5.41) is 8.64. The second kappa shape index (κ2) is 6.90. The zero-order valence-corrected chi connectivity index (χ0v) is 11.4. The van der Waals surface area contributed by atoms with E-state index < -0.39 is 15.8 Å². The SMILES string of the molecule is COC(=O)CCCS(=O)(=O)Cc1ccc(C#N)cc1. The Hall–Kier alpha value is -1.87. The Kier molecular flexibility index (Phi) is 5.52. The van der Waals surface area contributed by atoms with Crippen molar-refractivity contribution in [3.8, 4) is 6.07 Å². The Morgan fingerprint density at radius 1 is 1.32 bits per heavy atom. The van der Waals surface area contributed by atoms with Crippen molar-refractivity contribution in [2.75, 3.05) is 12.9 Å². The van der Waals surface area contributed by atoms with Crippen LogP contribution >= 0.6 is 0 Å². The van der Waals surface area contributed by atoms with Crippen molar-refractivity contribution in [1.82, 2.24) is 0 Å². The average Bonchev–Trinajstić information content (AvgIpc) is 2.38. The molecule has 1 aromatic rings. The van der Waals surface area contributed by atoms with Crippen LogP contribution in [0.3, 0.4) is 0 Å². The molecule has 0 aromatic heterocycles. The molecule has 0 saturated carbocycles. The van der Waals surface area contributed by atoms with Gasteiger partial charge >= 0.3 is 5.97 Å². The van der Waals surface area contributed by atoms with Gasteiger partial charge in [-0.1, -0.05) is 12.1 Å². The monoisotopic (exact) mass is 281 g/mol. The fraction of sp³-hybridized carbons (Fsp3) is 0.385. The highest BCUT2D eigenvalue weighted by molar-refractivity contribution is 7.90. The normalized spacial score (nSPS) is 10.7. The zero-order valence-electron chi connectivity index (χ0n) is 10.6. The summed E-state index contributed by atoms with van der Waals surface area (Å²) in [4.78, 5) is 10.9. The minimum absolute atomic E-state index is 0.0535. The lowest BCUT2D eigenvalue weighted by Crippen LogP contribution is -2.11. The van der Waals surface area contributed by atoms with E-state index in [1.807, 2.05) is 6.07 Å². The molecule has 0 aliphatic carbocycles. The number of carbonyl (C=O) groups excluding carboxylic acids is 1. The molecule has 6 heteroatoms. The van der Waals surface area contributed by atoms with Gasteiger partial charge in [0.2, 0.25) is 0 Å². The molecule has 0 saturated heterocycles. The molecule has 0 heterocycles. The third-order valence-corrected chi connectivity index (χ3v) is 4.22. The van der Waals surface area contributed by atoms with Crippen LogP contribution in [0.5, 0.6) is 0 Å². The van der Waals surface area contributed by atoms with E-state index in [0.717, 1.165) is 0 Å². The summed E-state index contributed by atoms with van der Waals surface area (Å²) in [6.45, 7) is 0. The summed E-state index contributed by atoms with van der Waals surface area (Å²) in [6.07, 6.45) is 0.356. The predicted octanol–water partition coefficient (Wildman–Crippen LogP) is 1.43. The maximum atomic E-state index is 11.8. The van der Waals surface area contributed by atoms with Crippen molar-refractivity contribution in [2.24, 2.45) is 0 Å². The number of hydrogen-bond acceptors (Lipinski definition) is 5. The summed E-state index contributed by atoms with van der Waals surface area (Å²) >= 11 is 0. The van der Waals surface area contributed by atoms with Crippen LogP contribution in [0.4, 0.5) is 0 Å². The van der Waals surface area contributed by atoms with Crippen molar-refractivity contribution in [3.63, 3.8) is 0 Å². The van der Waals surface area contributed by atoms with E-state index in [1.54, 1.807) is 24.3 Å². The van der Waals surface area contributed by atoms with Crippen LogP contribution in [0.2, 0.25) is 0 Å². The lowest BCUT2D eigenvalue weighted by Gasteiger charge is -2.04. The van der Waals surface area contributed by atoms with Gasteiger partial charge in [-0.25, -0.2) is 8.42 Å². The fourth-order valence-corrected chi connectivity index (χ4v) is 2.97. The maximum absolute atomic E-state index is 11.8. The molecule has 1 rings (SSSR count). The average molecular weight is 281 g/mol. The highest BCUT2D eigenvalue weighted by Crippen LogP contribution is 2.10. The molecular weight excluding hydrogens is 266 g/mol.